The average molecular weight is 359 g/mol. The van der Waals surface area contributed by atoms with Gasteiger partial charge in [-0.1, -0.05) is 52.4 Å². The molecule has 150 valence electrons. The molecule has 0 bridgehead atoms. The van der Waals surface area contributed by atoms with Gasteiger partial charge in [0.25, 0.3) is 0 Å². The molecule has 0 amide bonds. The number of hydrogen-bond donors (Lipinski definition) is 4. The molecule has 25 heavy (non-hydrogen) atoms. The Kier molecular flexibility index (Phi) is 12.0. The van der Waals surface area contributed by atoms with Gasteiger partial charge in [-0.2, -0.15) is 0 Å². The van der Waals surface area contributed by atoms with E-state index < -0.39 is 0 Å². The van der Waals surface area contributed by atoms with Crippen LogP contribution in [0.3, 0.4) is 0 Å². The number of hydrogen-bond acceptors (Lipinski definition) is 4. The first-order valence-electron chi connectivity index (χ1n) is 10.6. The van der Waals surface area contributed by atoms with Crippen LogP contribution in [0.1, 0.15) is 90.9 Å². The van der Waals surface area contributed by atoms with E-state index in [4.69, 9.17) is 20.4 Å². The predicted molar refractivity (Wildman–Crippen MR) is 102 cm³/mol. The number of aliphatic hydroxyl groups is 4. The van der Waals surface area contributed by atoms with E-state index in [1.54, 1.807) is 0 Å². The van der Waals surface area contributed by atoms with Gasteiger partial charge in [0.1, 0.15) is 0 Å². The van der Waals surface area contributed by atoms with Crippen LogP contribution >= 0.6 is 0 Å². The Morgan fingerprint density at radius 3 is 1.56 bits per heavy atom. The fraction of sp³-hybridized carbons (Fsp3) is 1.00. The summed E-state index contributed by atoms with van der Waals surface area (Å²) in [7, 11) is 0. The van der Waals surface area contributed by atoms with Gasteiger partial charge in [0, 0.05) is 6.61 Å². The summed E-state index contributed by atoms with van der Waals surface area (Å²) in [4.78, 5) is 0. The molecule has 4 N–H and O–H groups in total. The van der Waals surface area contributed by atoms with Gasteiger partial charge < -0.3 is 20.4 Å². The summed E-state index contributed by atoms with van der Waals surface area (Å²) in [6.07, 6.45) is 12.9. The smallest absolute Gasteiger partial charge is 0.0565 e. The van der Waals surface area contributed by atoms with E-state index in [0.29, 0.717) is 18.9 Å². The molecule has 6 unspecified atom stereocenters. The molecule has 0 aromatic heterocycles. The van der Waals surface area contributed by atoms with Gasteiger partial charge in [-0.15, -0.1) is 0 Å². The Balaban J connectivity index is 0.000000191. The second-order valence-corrected chi connectivity index (χ2v) is 8.44. The quantitative estimate of drug-likeness (QED) is 0.607. The largest absolute Gasteiger partial charge is 0.396 e. The zero-order valence-corrected chi connectivity index (χ0v) is 16.4. The molecule has 3 fully saturated rings. The third-order valence-corrected chi connectivity index (χ3v) is 6.11. The number of aliphatic hydroxyl groups excluding tert-OH is 4. The SMILES string of the molecule is CC1CCCC(O)C1.CCC1CCCCC1CO.OC1CCC(O)C1. The highest BCUT2D eigenvalue weighted by Gasteiger charge is 2.22. The Morgan fingerprint density at radius 2 is 1.24 bits per heavy atom. The molecule has 0 radical (unpaired) electrons. The second-order valence-electron chi connectivity index (χ2n) is 8.44. The third-order valence-electron chi connectivity index (χ3n) is 6.11. The summed E-state index contributed by atoms with van der Waals surface area (Å²) in [5.74, 6) is 2.20. The maximum Gasteiger partial charge on any atom is 0.0565 e. The van der Waals surface area contributed by atoms with Crippen LogP contribution in [0.25, 0.3) is 0 Å². The molecule has 0 aliphatic heterocycles. The maximum absolute atomic E-state index is 9.08. The van der Waals surface area contributed by atoms with Crippen molar-refractivity contribution >= 4 is 0 Å². The van der Waals surface area contributed by atoms with Crippen LogP contribution in [0.5, 0.6) is 0 Å². The molecule has 0 saturated heterocycles. The van der Waals surface area contributed by atoms with Crippen LogP contribution < -0.4 is 0 Å². The zero-order valence-electron chi connectivity index (χ0n) is 16.4. The third kappa shape index (κ3) is 9.93. The average Bonchev–Trinajstić information content (AvgIpc) is 2.98. The lowest BCUT2D eigenvalue weighted by atomic mass is 9.78. The Hall–Kier alpha value is -0.160. The highest BCUT2D eigenvalue weighted by atomic mass is 16.3. The minimum Gasteiger partial charge on any atom is -0.396 e. The molecule has 0 aromatic carbocycles. The monoisotopic (exact) mass is 358 g/mol. The molecular formula is C21H42O4. The van der Waals surface area contributed by atoms with E-state index in [1.165, 1.54) is 44.9 Å². The van der Waals surface area contributed by atoms with Crippen molar-refractivity contribution in [2.75, 3.05) is 6.61 Å². The van der Waals surface area contributed by atoms with Gasteiger partial charge in [-0.05, 0) is 56.3 Å². The topological polar surface area (TPSA) is 80.9 Å². The number of rotatable bonds is 2. The first-order valence-corrected chi connectivity index (χ1v) is 10.6. The molecular weight excluding hydrogens is 316 g/mol. The highest BCUT2D eigenvalue weighted by molar-refractivity contribution is 4.73. The van der Waals surface area contributed by atoms with E-state index >= 15 is 0 Å². The van der Waals surface area contributed by atoms with Crippen molar-refractivity contribution in [1.29, 1.82) is 0 Å². The summed E-state index contributed by atoms with van der Waals surface area (Å²) in [6.45, 7) is 4.86. The lowest BCUT2D eigenvalue weighted by molar-refractivity contribution is 0.106. The molecule has 4 nitrogen and oxygen atoms in total. The minimum atomic E-state index is -0.227. The minimum absolute atomic E-state index is 0.0127. The summed E-state index contributed by atoms with van der Waals surface area (Å²) >= 11 is 0. The molecule has 3 aliphatic rings. The van der Waals surface area contributed by atoms with Crippen LogP contribution in [-0.4, -0.2) is 45.3 Å². The maximum atomic E-state index is 9.08. The fourth-order valence-corrected chi connectivity index (χ4v) is 4.40. The Labute approximate surface area is 154 Å². The molecule has 4 heteroatoms. The van der Waals surface area contributed by atoms with E-state index in [2.05, 4.69) is 13.8 Å². The highest BCUT2D eigenvalue weighted by Crippen LogP contribution is 2.31. The van der Waals surface area contributed by atoms with Gasteiger partial charge in [0.15, 0.2) is 0 Å². The molecule has 0 aromatic rings. The lowest BCUT2D eigenvalue weighted by Crippen LogP contribution is -2.21. The van der Waals surface area contributed by atoms with Gasteiger partial charge in [0.05, 0.1) is 18.3 Å². The normalized spacial score (nSPS) is 38.2. The summed E-state index contributed by atoms with van der Waals surface area (Å²) in [6, 6.07) is 0. The summed E-state index contributed by atoms with van der Waals surface area (Å²) in [5, 5.41) is 35.6. The van der Waals surface area contributed by atoms with Crippen molar-refractivity contribution in [3.8, 4) is 0 Å². The molecule has 3 rings (SSSR count). The summed E-state index contributed by atoms with van der Waals surface area (Å²) in [5.41, 5.74) is 0. The van der Waals surface area contributed by atoms with Gasteiger partial charge in [-0.3, -0.25) is 0 Å². The van der Waals surface area contributed by atoms with Crippen molar-refractivity contribution in [2.45, 2.75) is 109 Å². The Morgan fingerprint density at radius 1 is 0.680 bits per heavy atom. The first-order chi connectivity index (χ1) is 12.0. The van der Waals surface area contributed by atoms with E-state index in [-0.39, 0.29) is 18.3 Å². The van der Waals surface area contributed by atoms with Crippen LogP contribution in [0, 0.1) is 17.8 Å². The van der Waals surface area contributed by atoms with Crippen LogP contribution in [0.4, 0.5) is 0 Å². The lowest BCUT2D eigenvalue weighted by Gasteiger charge is -2.28. The molecule has 6 atom stereocenters. The Bertz CT molecular complexity index is 295. The van der Waals surface area contributed by atoms with Gasteiger partial charge in [-0.25, -0.2) is 0 Å². The molecule has 0 spiro atoms. The standard InChI is InChI=1S/C9H18O.C7H14O.C5H10O2/c1-2-8-5-3-4-6-9(8)7-10;1-6-3-2-4-7(8)5-6;6-4-1-2-5(7)3-4/h8-10H,2-7H2,1H3;6-8H,2-5H2,1H3;4-7H,1-3H2. The van der Waals surface area contributed by atoms with Gasteiger partial charge >= 0.3 is 0 Å². The van der Waals surface area contributed by atoms with E-state index in [1.807, 2.05) is 0 Å². The van der Waals surface area contributed by atoms with Gasteiger partial charge in [0.2, 0.25) is 0 Å². The van der Waals surface area contributed by atoms with Crippen LogP contribution in [0.2, 0.25) is 0 Å². The fourth-order valence-electron chi connectivity index (χ4n) is 4.40. The van der Waals surface area contributed by atoms with Crippen LogP contribution in [-0.2, 0) is 0 Å². The van der Waals surface area contributed by atoms with Crippen LogP contribution in [0.15, 0.2) is 0 Å². The van der Waals surface area contributed by atoms with E-state index in [9.17, 15) is 0 Å². The molecule has 0 heterocycles. The van der Waals surface area contributed by atoms with Crippen molar-refractivity contribution in [3.63, 3.8) is 0 Å². The first kappa shape index (κ1) is 22.9. The van der Waals surface area contributed by atoms with E-state index in [0.717, 1.165) is 37.5 Å². The van der Waals surface area contributed by atoms with Crippen molar-refractivity contribution < 1.29 is 20.4 Å². The summed E-state index contributed by atoms with van der Waals surface area (Å²) < 4.78 is 0. The molecule has 3 saturated carbocycles. The second kappa shape index (κ2) is 13.1. The van der Waals surface area contributed by atoms with Crippen molar-refractivity contribution in [3.05, 3.63) is 0 Å². The molecule has 3 aliphatic carbocycles. The zero-order chi connectivity index (χ0) is 18.7. The predicted octanol–water partition coefficient (Wildman–Crippen LogP) is 3.64. The van der Waals surface area contributed by atoms with Crippen molar-refractivity contribution in [1.82, 2.24) is 0 Å². The van der Waals surface area contributed by atoms with Crippen molar-refractivity contribution in [2.24, 2.45) is 17.8 Å².